The van der Waals surface area contributed by atoms with Crippen LogP contribution in [0.15, 0.2) is 23.0 Å². The molecule has 2 saturated heterocycles. The molecule has 2 fully saturated rings. The molecular weight excluding hydrogens is 334 g/mol. The highest BCUT2D eigenvalue weighted by Gasteiger charge is 2.43. The maximum Gasteiger partial charge on any atom is 0.255 e. The van der Waals surface area contributed by atoms with Gasteiger partial charge in [0.15, 0.2) is 5.82 Å². The number of pyridine rings is 1. The number of rotatable bonds is 4. The van der Waals surface area contributed by atoms with Crippen LogP contribution < -0.4 is 0 Å². The van der Waals surface area contributed by atoms with Crippen LogP contribution in [0.1, 0.15) is 46.9 Å². The summed E-state index contributed by atoms with van der Waals surface area (Å²) >= 11 is 0. The van der Waals surface area contributed by atoms with E-state index in [1.807, 2.05) is 17.9 Å². The molecule has 0 aliphatic carbocycles. The largest absolute Gasteiger partial charge is 0.339 e. The molecule has 136 valence electrons. The first kappa shape index (κ1) is 16.7. The molecule has 8 heteroatoms. The van der Waals surface area contributed by atoms with Crippen molar-refractivity contribution >= 4 is 11.8 Å². The van der Waals surface area contributed by atoms with Gasteiger partial charge < -0.3 is 14.3 Å². The lowest BCUT2D eigenvalue weighted by molar-refractivity contribution is -0.132. The number of aromatic nitrogens is 3. The number of hydrogen-bond donors (Lipinski definition) is 0. The van der Waals surface area contributed by atoms with Gasteiger partial charge in [0.25, 0.3) is 5.91 Å². The van der Waals surface area contributed by atoms with Crippen molar-refractivity contribution in [3.8, 4) is 0 Å². The van der Waals surface area contributed by atoms with Gasteiger partial charge in [-0.05, 0) is 25.0 Å². The monoisotopic (exact) mass is 355 g/mol. The first-order valence-electron chi connectivity index (χ1n) is 8.88. The van der Waals surface area contributed by atoms with Gasteiger partial charge in [0, 0.05) is 38.4 Å². The van der Waals surface area contributed by atoms with E-state index >= 15 is 0 Å². The average Bonchev–Trinajstić information content (AvgIpc) is 3.20. The zero-order valence-electron chi connectivity index (χ0n) is 14.9. The second kappa shape index (κ2) is 6.51. The number of amides is 2. The predicted molar refractivity (Wildman–Crippen MR) is 91.4 cm³/mol. The Bertz CT molecular complexity index is 843. The van der Waals surface area contributed by atoms with Crippen molar-refractivity contribution in [1.29, 1.82) is 0 Å². The molecule has 26 heavy (non-hydrogen) atoms. The molecule has 0 bridgehead atoms. The molecule has 0 aromatic carbocycles. The van der Waals surface area contributed by atoms with Crippen molar-refractivity contribution < 1.29 is 14.1 Å². The molecule has 2 aromatic rings. The summed E-state index contributed by atoms with van der Waals surface area (Å²) in [6.07, 6.45) is 4.60. The molecular formula is C18H21N5O3. The lowest BCUT2D eigenvalue weighted by Gasteiger charge is -2.44. The summed E-state index contributed by atoms with van der Waals surface area (Å²) in [6, 6.07) is 1.94. The van der Waals surface area contributed by atoms with Crippen LogP contribution in [-0.4, -0.2) is 62.4 Å². The summed E-state index contributed by atoms with van der Waals surface area (Å²) in [5, 5.41) is 3.80. The summed E-state index contributed by atoms with van der Waals surface area (Å²) in [4.78, 5) is 36.9. The van der Waals surface area contributed by atoms with Gasteiger partial charge in [0.05, 0.1) is 17.5 Å². The molecule has 0 N–H and O–H groups in total. The molecule has 4 heterocycles. The van der Waals surface area contributed by atoms with Crippen molar-refractivity contribution in [2.75, 3.05) is 19.6 Å². The number of aryl methyl sites for hydroxylation is 2. The molecule has 1 unspecified atom stereocenters. The highest BCUT2D eigenvalue weighted by atomic mass is 16.5. The molecule has 0 spiro atoms. The highest BCUT2D eigenvalue weighted by Crippen LogP contribution is 2.31. The van der Waals surface area contributed by atoms with Gasteiger partial charge in [0.2, 0.25) is 11.8 Å². The van der Waals surface area contributed by atoms with Gasteiger partial charge in [0.1, 0.15) is 0 Å². The van der Waals surface area contributed by atoms with E-state index in [-0.39, 0.29) is 23.8 Å². The minimum atomic E-state index is -0.0566. The third kappa shape index (κ3) is 2.95. The Morgan fingerprint density at radius 1 is 1.31 bits per heavy atom. The smallest absolute Gasteiger partial charge is 0.255 e. The van der Waals surface area contributed by atoms with Crippen LogP contribution in [0.5, 0.6) is 0 Å². The van der Waals surface area contributed by atoms with Crippen LogP contribution in [0.2, 0.25) is 0 Å². The molecule has 2 aromatic heterocycles. The topological polar surface area (TPSA) is 92.4 Å². The normalized spacial score (nSPS) is 20.5. The summed E-state index contributed by atoms with van der Waals surface area (Å²) in [5.41, 5.74) is 1.65. The summed E-state index contributed by atoms with van der Waals surface area (Å²) in [7, 11) is 0. The lowest BCUT2D eigenvalue weighted by Crippen LogP contribution is -2.61. The minimum Gasteiger partial charge on any atom is -0.339 e. The number of hydrogen-bond acceptors (Lipinski definition) is 6. The Labute approximate surface area is 151 Å². The quantitative estimate of drug-likeness (QED) is 0.818. The molecule has 2 aliphatic heterocycles. The van der Waals surface area contributed by atoms with Crippen molar-refractivity contribution in [2.45, 2.75) is 38.6 Å². The Morgan fingerprint density at radius 2 is 2.12 bits per heavy atom. The zero-order valence-corrected chi connectivity index (χ0v) is 14.9. The van der Waals surface area contributed by atoms with Crippen LogP contribution in [-0.2, 0) is 11.2 Å². The molecule has 0 radical (unpaired) electrons. The van der Waals surface area contributed by atoms with E-state index in [2.05, 4.69) is 15.1 Å². The Hall–Kier alpha value is -2.77. The molecule has 0 saturated carbocycles. The third-order valence-electron chi connectivity index (χ3n) is 5.09. The summed E-state index contributed by atoms with van der Waals surface area (Å²) in [6.45, 7) is 5.47. The molecule has 8 nitrogen and oxygen atoms in total. The number of carbonyl (C=O) groups excluding carboxylic acids is 2. The molecule has 1 atom stereocenters. The Kier molecular flexibility index (Phi) is 4.18. The van der Waals surface area contributed by atoms with Crippen LogP contribution in [0, 0.1) is 6.92 Å². The fourth-order valence-electron chi connectivity index (χ4n) is 3.53. The van der Waals surface area contributed by atoms with Crippen molar-refractivity contribution in [2.24, 2.45) is 0 Å². The summed E-state index contributed by atoms with van der Waals surface area (Å²) < 4.78 is 5.20. The van der Waals surface area contributed by atoms with Crippen molar-refractivity contribution in [3.63, 3.8) is 0 Å². The predicted octanol–water partition coefficient (Wildman–Crippen LogP) is 1.18. The lowest BCUT2D eigenvalue weighted by atomic mass is 10.0. The number of carbonyl (C=O) groups is 2. The maximum atomic E-state index is 12.6. The van der Waals surface area contributed by atoms with Gasteiger partial charge in [-0.15, -0.1) is 0 Å². The van der Waals surface area contributed by atoms with Crippen LogP contribution >= 0.6 is 0 Å². The second-order valence-corrected chi connectivity index (χ2v) is 6.93. The van der Waals surface area contributed by atoms with E-state index in [1.54, 1.807) is 24.2 Å². The van der Waals surface area contributed by atoms with Crippen LogP contribution in [0.4, 0.5) is 0 Å². The van der Waals surface area contributed by atoms with E-state index in [4.69, 9.17) is 4.52 Å². The van der Waals surface area contributed by atoms with Crippen LogP contribution in [0.25, 0.3) is 0 Å². The highest BCUT2D eigenvalue weighted by molar-refractivity contribution is 5.95. The molecule has 2 aliphatic rings. The van der Waals surface area contributed by atoms with Crippen molar-refractivity contribution in [3.05, 3.63) is 41.3 Å². The van der Waals surface area contributed by atoms with E-state index < -0.39 is 0 Å². The fraction of sp³-hybridized carbons (Fsp3) is 0.500. The third-order valence-corrected chi connectivity index (χ3v) is 5.09. The van der Waals surface area contributed by atoms with E-state index in [0.29, 0.717) is 43.3 Å². The van der Waals surface area contributed by atoms with Gasteiger partial charge in [-0.25, -0.2) is 0 Å². The standard InChI is InChI=1S/C18H21N5O3/c1-3-12-4-13(7-19-6-12)18(25)22-9-15(10-22)23-8-14(5-16(23)24)17-20-11(2)21-26-17/h4,6-7,14-15H,3,5,8-10H2,1-2H3. The fourth-order valence-corrected chi connectivity index (χ4v) is 3.53. The first-order chi connectivity index (χ1) is 12.5. The Balaban J connectivity index is 1.37. The van der Waals surface area contributed by atoms with Crippen molar-refractivity contribution in [1.82, 2.24) is 24.9 Å². The first-order valence-corrected chi connectivity index (χ1v) is 8.88. The summed E-state index contributed by atoms with van der Waals surface area (Å²) in [5.74, 6) is 1.10. The van der Waals surface area contributed by atoms with E-state index in [0.717, 1.165) is 12.0 Å². The average molecular weight is 355 g/mol. The molecule has 4 rings (SSSR count). The van der Waals surface area contributed by atoms with Gasteiger partial charge in [-0.2, -0.15) is 4.98 Å². The number of likely N-dealkylation sites (tertiary alicyclic amines) is 2. The maximum absolute atomic E-state index is 12.6. The SMILES string of the molecule is CCc1cncc(C(=O)N2CC(N3CC(c4nc(C)no4)CC3=O)C2)c1. The Morgan fingerprint density at radius 3 is 2.81 bits per heavy atom. The molecule has 2 amide bonds. The second-order valence-electron chi connectivity index (χ2n) is 6.93. The van der Waals surface area contributed by atoms with Gasteiger partial charge in [-0.1, -0.05) is 12.1 Å². The zero-order chi connectivity index (χ0) is 18.3. The van der Waals surface area contributed by atoms with Gasteiger partial charge in [-0.3, -0.25) is 14.6 Å². The number of nitrogens with zero attached hydrogens (tertiary/aromatic N) is 5. The van der Waals surface area contributed by atoms with E-state index in [1.165, 1.54) is 0 Å². The van der Waals surface area contributed by atoms with Gasteiger partial charge >= 0.3 is 0 Å². The minimum absolute atomic E-state index is 0.0280. The van der Waals surface area contributed by atoms with E-state index in [9.17, 15) is 9.59 Å². The van der Waals surface area contributed by atoms with Crippen LogP contribution in [0.3, 0.4) is 0 Å².